The number of aliphatic hydroxyl groups is 1. The molecule has 0 bridgehead atoms. The molecule has 1 unspecified atom stereocenters. The molecule has 0 amide bonds. The Kier molecular flexibility index (Phi) is 3.76. The van der Waals surface area contributed by atoms with Crippen molar-refractivity contribution in [2.75, 3.05) is 0 Å². The second-order valence-corrected chi connectivity index (χ2v) is 1.85. The molecule has 1 atom stereocenters. The fourth-order valence-corrected chi connectivity index (χ4v) is 0.366. The van der Waals surface area contributed by atoms with Gasteiger partial charge in [0, 0.05) is 6.42 Å². The van der Waals surface area contributed by atoms with E-state index in [1.54, 1.807) is 0 Å². The van der Waals surface area contributed by atoms with E-state index in [0.717, 1.165) is 0 Å². The Hall–Kier alpha value is -0.790. The Morgan fingerprint density at radius 2 is 2.44 bits per heavy atom. The first kappa shape index (κ1) is 8.21. The summed E-state index contributed by atoms with van der Waals surface area (Å²) in [7, 11) is 0. The summed E-state index contributed by atoms with van der Waals surface area (Å²) in [5, 5.41) is 8.68. The molecule has 1 N–H and O–H groups in total. The molecule has 0 radical (unpaired) electrons. The van der Waals surface area contributed by atoms with Gasteiger partial charge in [0.15, 0.2) is 0 Å². The first-order chi connectivity index (χ1) is 4.16. The zero-order chi connectivity index (χ0) is 7.28. The second kappa shape index (κ2) is 4.13. The van der Waals surface area contributed by atoms with Gasteiger partial charge in [-0.1, -0.05) is 6.58 Å². The Bertz CT molecular complexity index is 116. The Labute approximate surface area is 54.5 Å². The standard InChI is InChI=1S/C7H11FO/c1-3-7(9)5-4-6(2)8/h3,5-6,9H,1,4H2,2H3/b7-5+. The van der Waals surface area contributed by atoms with Crippen LogP contribution in [0.4, 0.5) is 4.39 Å². The largest absolute Gasteiger partial charge is 0.508 e. The number of aliphatic hydroxyl groups excluding tert-OH is 1. The van der Waals surface area contributed by atoms with Crippen molar-refractivity contribution >= 4 is 0 Å². The lowest BCUT2D eigenvalue weighted by Gasteiger charge is -1.93. The van der Waals surface area contributed by atoms with E-state index in [2.05, 4.69) is 6.58 Å². The van der Waals surface area contributed by atoms with Gasteiger partial charge >= 0.3 is 0 Å². The predicted molar refractivity (Wildman–Crippen MR) is 36.1 cm³/mol. The summed E-state index contributed by atoms with van der Waals surface area (Å²) in [6.07, 6.45) is 2.03. The van der Waals surface area contributed by atoms with Crippen LogP contribution in [0.15, 0.2) is 24.5 Å². The van der Waals surface area contributed by atoms with E-state index < -0.39 is 6.17 Å². The molecular formula is C7H11FO. The monoisotopic (exact) mass is 130 g/mol. The molecule has 1 nitrogen and oxygen atoms in total. The third-order valence-corrected chi connectivity index (χ3v) is 0.861. The summed E-state index contributed by atoms with van der Waals surface area (Å²) in [6.45, 7) is 4.74. The highest BCUT2D eigenvalue weighted by atomic mass is 19.1. The molecule has 0 spiro atoms. The van der Waals surface area contributed by atoms with E-state index in [-0.39, 0.29) is 12.2 Å². The molecule has 0 saturated heterocycles. The maximum atomic E-state index is 12.0. The highest BCUT2D eigenvalue weighted by molar-refractivity contribution is 5.06. The van der Waals surface area contributed by atoms with Crippen molar-refractivity contribution in [2.24, 2.45) is 0 Å². The zero-order valence-electron chi connectivity index (χ0n) is 5.47. The zero-order valence-corrected chi connectivity index (χ0v) is 5.47. The number of allylic oxidation sites excluding steroid dienone is 2. The van der Waals surface area contributed by atoms with Gasteiger partial charge in [-0.05, 0) is 19.1 Å². The number of hydrogen-bond acceptors (Lipinski definition) is 1. The maximum absolute atomic E-state index is 12.0. The Morgan fingerprint density at radius 3 is 2.78 bits per heavy atom. The van der Waals surface area contributed by atoms with Gasteiger partial charge in [-0.2, -0.15) is 0 Å². The molecule has 0 aliphatic carbocycles. The molecule has 2 heteroatoms. The van der Waals surface area contributed by atoms with Gasteiger partial charge in [0.2, 0.25) is 0 Å². The lowest BCUT2D eigenvalue weighted by atomic mass is 10.3. The van der Waals surface area contributed by atoms with Crippen LogP contribution in [0.1, 0.15) is 13.3 Å². The second-order valence-electron chi connectivity index (χ2n) is 1.85. The summed E-state index contributed by atoms with van der Waals surface area (Å²) in [5.41, 5.74) is 0. The third kappa shape index (κ3) is 5.07. The van der Waals surface area contributed by atoms with Crippen LogP contribution < -0.4 is 0 Å². The highest BCUT2D eigenvalue weighted by Crippen LogP contribution is 1.99. The molecule has 0 aromatic carbocycles. The minimum Gasteiger partial charge on any atom is -0.508 e. The van der Waals surface area contributed by atoms with Crippen molar-refractivity contribution in [3.63, 3.8) is 0 Å². The summed E-state index contributed by atoms with van der Waals surface area (Å²) < 4.78 is 12.0. The van der Waals surface area contributed by atoms with Crippen LogP contribution in [0.3, 0.4) is 0 Å². The first-order valence-corrected chi connectivity index (χ1v) is 2.82. The molecule has 0 fully saturated rings. The molecule has 0 heterocycles. The fourth-order valence-electron chi connectivity index (χ4n) is 0.366. The number of halogens is 1. The Balaban J connectivity index is 3.56. The van der Waals surface area contributed by atoms with Gasteiger partial charge in [-0.3, -0.25) is 0 Å². The first-order valence-electron chi connectivity index (χ1n) is 2.82. The molecule has 52 valence electrons. The lowest BCUT2D eigenvalue weighted by molar-refractivity contribution is 0.357. The van der Waals surface area contributed by atoms with Gasteiger partial charge in [-0.15, -0.1) is 0 Å². The average molecular weight is 130 g/mol. The maximum Gasteiger partial charge on any atom is 0.111 e. The Morgan fingerprint density at radius 1 is 1.89 bits per heavy atom. The molecule has 9 heavy (non-hydrogen) atoms. The van der Waals surface area contributed by atoms with Crippen LogP contribution in [0.5, 0.6) is 0 Å². The van der Waals surface area contributed by atoms with Crippen LogP contribution in [0, 0.1) is 0 Å². The van der Waals surface area contributed by atoms with Crippen molar-refractivity contribution < 1.29 is 9.50 Å². The van der Waals surface area contributed by atoms with Gasteiger partial charge in [-0.25, -0.2) is 4.39 Å². The SMILES string of the molecule is C=C/C(O)=C\CC(C)F. The molecule has 0 aromatic heterocycles. The summed E-state index contributed by atoms with van der Waals surface area (Å²) in [4.78, 5) is 0. The molecule has 0 rings (SSSR count). The summed E-state index contributed by atoms with van der Waals surface area (Å²) in [6, 6.07) is 0. The number of rotatable bonds is 3. The minimum absolute atomic E-state index is 0.0412. The van der Waals surface area contributed by atoms with Crippen LogP contribution in [0.2, 0.25) is 0 Å². The van der Waals surface area contributed by atoms with Crippen molar-refractivity contribution in [3.05, 3.63) is 24.5 Å². The van der Waals surface area contributed by atoms with Crippen LogP contribution in [-0.4, -0.2) is 11.3 Å². The van der Waals surface area contributed by atoms with Crippen molar-refractivity contribution in [3.8, 4) is 0 Å². The number of alkyl halides is 1. The molecule has 0 aliphatic heterocycles. The van der Waals surface area contributed by atoms with Gasteiger partial charge in [0.25, 0.3) is 0 Å². The molecular weight excluding hydrogens is 119 g/mol. The predicted octanol–water partition coefficient (Wildman–Crippen LogP) is 2.36. The van der Waals surface area contributed by atoms with Crippen molar-refractivity contribution in [2.45, 2.75) is 19.5 Å². The molecule has 0 saturated carbocycles. The topological polar surface area (TPSA) is 20.2 Å². The van der Waals surface area contributed by atoms with Crippen molar-refractivity contribution in [1.29, 1.82) is 0 Å². The number of hydrogen-bond donors (Lipinski definition) is 1. The lowest BCUT2D eigenvalue weighted by Crippen LogP contribution is -1.88. The normalized spacial score (nSPS) is 15.1. The smallest absolute Gasteiger partial charge is 0.111 e. The molecule has 0 aliphatic rings. The average Bonchev–Trinajstić information content (AvgIpc) is 1.83. The van der Waals surface area contributed by atoms with Crippen LogP contribution >= 0.6 is 0 Å². The summed E-state index contributed by atoms with van der Waals surface area (Å²) >= 11 is 0. The van der Waals surface area contributed by atoms with E-state index >= 15 is 0 Å². The van der Waals surface area contributed by atoms with Crippen LogP contribution in [0.25, 0.3) is 0 Å². The van der Waals surface area contributed by atoms with E-state index in [4.69, 9.17) is 5.11 Å². The van der Waals surface area contributed by atoms with Crippen molar-refractivity contribution in [1.82, 2.24) is 0 Å². The van der Waals surface area contributed by atoms with E-state index in [1.165, 1.54) is 19.1 Å². The van der Waals surface area contributed by atoms with Gasteiger partial charge < -0.3 is 5.11 Å². The molecule has 0 aromatic rings. The highest BCUT2D eigenvalue weighted by Gasteiger charge is 1.93. The third-order valence-electron chi connectivity index (χ3n) is 0.861. The van der Waals surface area contributed by atoms with Crippen LogP contribution in [-0.2, 0) is 0 Å². The fraction of sp³-hybridized carbons (Fsp3) is 0.429. The van der Waals surface area contributed by atoms with E-state index in [9.17, 15) is 4.39 Å². The van der Waals surface area contributed by atoms with Gasteiger partial charge in [0.05, 0.1) is 0 Å². The quantitative estimate of drug-likeness (QED) is 0.459. The van der Waals surface area contributed by atoms with E-state index in [1.807, 2.05) is 0 Å². The minimum atomic E-state index is -0.896. The summed E-state index contributed by atoms with van der Waals surface area (Å²) in [5.74, 6) is 0.0412. The van der Waals surface area contributed by atoms with Gasteiger partial charge in [0.1, 0.15) is 11.9 Å². The van der Waals surface area contributed by atoms with E-state index in [0.29, 0.717) is 0 Å².